The first-order valence-corrected chi connectivity index (χ1v) is 4.81. The first kappa shape index (κ1) is 12.8. The molecule has 0 aromatic heterocycles. The van der Waals surface area contributed by atoms with Gasteiger partial charge in [-0.2, -0.15) is 8.78 Å². The van der Waals surface area contributed by atoms with Gasteiger partial charge in [0.15, 0.2) is 0 Å². The van der Waals surface area contributed by atoms with Gasteiger partial charge in [0, 0.05) is 13.1 Å². The Morgan fingerprint density at radius 2 is 1.87 bits per heavy atom. The summed E-state index contributed by atoms with van der Waals surface area (Å²) in [7, 11) is 0. The molecule has 0 saturated carbocycles. The molecule has 1 aliphatic rings. The SMILES string of the molecule is CC(C)(C)OC(O)N1CC(OC(F)F)C1. The van der Waals surface area contributed by atoms with Crippen molar-refractivity contribution in [1.29, 1.82) is 0 Å². The quantitative estimate of drug-likeness (QED) is 0.725. The van der Waals surface area contributed by atoms with Crippen LogP contribution in [0.5, 0.6) is 0 Å². The number of halogens is 2. The van der Waals surface area contributed by atoms with Crippen LogP contribution < -0.4 is 0 Å². The van der Waals surface area contributed by atoms with Crippen LogP contribution in [0.1, 0.15) is 20.8 Å². The van der Waals surface area contributed by atoms with E-state index in [0.717, 1.165) is 0 Å². The minimum absolute atomic E-state index is 0.265. The van der Waals surface area contributed by atoms with E-state index >= 15 is 0 Å². The van der Waals surface area contributed by atoms with Crippen LogP contribution in [0, 0.1) is 0 Å². The molecular formula is C9H17F2NO3. The molecule has 0 amide bonds. The van der Waals surface area contributed by atoms with Crippen molar-refractivity contribution >= 4 is 0 Å². The summed E-state index contributed by atoms with van der Waals surface area (Å²) in [6.07, 6.45) is -1.56. The van der Waals surface area contributed by atoms with E-state index in [-0.39, 0.29) is 13.1 Å². The fourth-order valence-electron chi connectivity index (χ4n) is 1.27. The van der Waals surface area contributed by atoms with Crippen LogP contribution in [0.15, 0.2) is 0 Å². The van der Waals surface area contributed by atoms with Gasteiger partial charge < -0.3 is 14.6 Å². The second-order valence-corrected chi connectivity index (χ2v) is 4.53. The first-order valence-electron chi connectivity index (χ1n) is 4.81. The molecule has 1 fully saturated rings. The third kappa shape index (κ3) is 4.38. The van der Waals surface area contributed by atoms with E-state index in [9.17, 15) is 13.9 Å². The van der Waals surface area contributed by atoms with Gasteiger partial charge in [-0.15, -0.1) is 0 Å². The van der Waals surface area contributed by atoms with Crippen LogP contribution in [0.4, 0.5) is 8.78 Å². The van der Waals surface area contributed by atoms with Gasteiger partial charge in [-0.25, -0.2) is 4.90 Å². The Labute approximate surface area is 87.8 Å². The number of rotatable bonds is 4. The minimum Gasteiger partial charge on any atom is -0.356 e. The van der Waals surface area contributed by atoms with Crippen molar-refractivity contribution in [3.63, 3.8) is 0 Å². The van der Waals surface area contributed by atoms with E-state index in [0.29, 0.717) is 0 Å². The molecular weight excluding hydrogens is 208 g/mol. The number of alkyl halides is 2. The molecule has 1 rings (SSSR count). The maximum absolute atomic E-state index is 11.8. The lowest BCUT2D eigenvalue weighted by molar-refractivity contribution is -0.287. The summed E-state index contributed by atoms with van der Waals surface area (Å²) in [5, 5.41) is 9.52. The van der Waals surface area contributed by atoms with Crippen molar-refractivity contribution in [2.24, 2.45) is 0 Å². The van der Waals surface area contributed by atoms with Crippen molar-refractivity contribution < 1.29 is 23.4 Å². The Morgan fingerprint density at radius 3 is 2.27 bits per heavy atom. The van der Waals surface area contributed by atoms with Crippen molar-refractivity contribution in [2.45, 2.75) is 45.5 Å². The van der Waals surface area contributed by atoms with Crippen LogP contribution in [0.3, 0.4) is 0 Å². The number of likely N-dealkylation sites (tertiary alicyclic amines) is 1. The second kappa shape index (κ2) is 4.69. The van der Waals surface area contributed by atoms with E-state index in [1.165, 1.54) is 4.90 Å². The van der Waals surface area contributed by atoms with E-state index in [2.05, 4.69) is 4.74 Å². The predicted octanol–water partition coefficient (Wildman–Crippen LogP) is 1.00. The summed E-state index contributed by atoms with van der Waals surface area (Å²) in [5.74, 6) is 0. The standard InChI is InChI=1S/C9H17F2NO3/c1-9(2,3)15-8(13)12-4-6(5-12)14-7(10)11/h6-8,13H,4-5H2,1-3H3. The highest BCUT2D eigenvalue weighted by Gasteiger charge is 2.35. The molecule has 0 aromatic rings. The summed E-state index contributed by atoms with van der Waals surface area (Å²) in [6.45, 7) is 3.20. The molecule has 1 saturated heterocycles. The van der Waals surface area contributed by atoms with Crippen LogP contribution in [-0.2, 0) is 9.47 Å². The summed E-state index contributed by atoms with van der Waals surface area (Å²) >= 11 is 0. The number of hydrogen-bond donors (Lipinski definition) is 1. The van der Waals surface area contributed by atoms with Gasteiger partial charge in [-0.3, -0.25) is 0 Å². The molecule has 90 valence electrons. The third-order valence-corrected chi connectivity index (χ3v) is 1.94. The fourth-order valence-corrected chi connectivity index (χ4v) is 1.27. The molecule has 0 aromatic carbocycles. The molecule has 15 heavy (non-hydrogen) atoms. The van der Waals surface area contributed by atoms with Gasteiger partial charge in [0.1, 0.15) is 0 Å². The Balaban J connectivity index is 2.21. The van der Waals surface area contributed by atoms with Gasteiger partial charge in [-0.05, 0) is 20.8 Å². The molecule has 0 aliphatic carbocycles. The van der Waals surface area contributed by atoms with Gasteiger partial charge in [-0.1, -0.05) is 0 Å². The third-order valence-electron chi connectivity index (χ3n) is 1.94. The largest absolute Gasteiger partial charge is 0.356 e. The molecule has 1 heterocycles. The molecule has 1 aliphatic heterocycles. The maximum atomic E-state index is 11.8. The average Bonchev–Trinajstić information content (AvgIpc) is 1.91. The fraction of sp³-hybridized carbons (Fsp3) is 1.00. The summed E-state index contributed by atoms with van der Waals surface area (Å²) in [6, 6.07) is 0. The van der Waals surface area contributed by atoms with Crippen LogP contribution in [0.25, 0.3) is 0 Å². The Kier molecular flexibility index (Phi) is 3.99. The van der Waals surface area contributed by atoms with Crippen LogP contribution in [-0.4, -0.2) is 47.8 Å². The molecule has 4 nitrogen and oxygen atoms in total. The lowest BCUT2D eigenvalue weighted by Gasteiger charge is -2.42. The highest BCUT2D eigenvalue weighted by molar-refractivity contribution is 4.80. The predicted molar refractivity (Wildman–Crippen MR) is 49.3 cm³/mol. The van der Waals surface area contributed by atoms with Gasteiger partial charge >= 0.3 is 6.61 Å². The smallest absolute Gasteiger partial charge is 0.345 e. The number of aliphatic hydroxyl groups is 1. The Morgan fingerprint density at radius 1 is 1.33 bits per heavy atom. The first-order chi connectivity index (χ1) is 6.78. The zero-order chi connectivity index (χ0) is 11.6. The molecule has 0 bridgehead atoms. The summed E-state index contributed by atoms with van der Waals surface area (Å²) in [5.41, 5.74) is -0.464. The van der Waals surface area contributed by atoms with E-state index in [1.54, 1.807) is 0 Å². The lowest BCUT2D eigenvalue weighted by atomic mass is 10.1. The molecule has 0 radical (unpaired) electrons. The Hall–Kier alpha value is -0.300. The number of ether oxygens (including phenoxy) is 2. The van der Waals surface area contributed by atoms with Crippen molar-refractivity contribution in [1.82, 2.24) is 4.90 Å². The maximum Gasteiger partial charge on any atom is 0.345 e. The van der Waals surface area contributed by atoms with Gasteiger partial charge in [0.2, 0.25) is 6.41 Å². The number of nitrogens with zero attached hydrogens (tertiary/aromatic N) is 1. The minimum atomic E-state index is -2.75. The summed E-state index contributed by atoms with van der Waals surface area (Å²) in [4.78, 5) is 1.53. The zero-order valence-electron chi connectivity index (χ0n) is 9.11. The highest BCUT2D eigenvalue weighted by atomic mass is 19.3. The molecule has 1 N–H and O–H groups in total. The second-order valence-electron chi connectivity index (χ2n) is 4.53. The molecule has 1 unspecified atom stereocenters. The van der Waals surface area contributed by atoms with Crippen molar-refractivity contribution in [3.8, 4) is 0 Å². The average molecular weight is 225 g/mol. The number of hydrogen-bond acceptors (Lipinski definition) is 4. The van der Waals surface area contributed by atoms with Crippen LogP contribution in [0.2, 0.25) is 0 Å². The molecule has 6 heteroatoms. The number of aliphatic hydroxyl groups excluding tert-OH is 1. The van der Waals surface area contributed by atoms with E-state index in [4.69, 9.17) is 4.74 Å². The van der Waals surface area contributed by atoms with Gasteiger partial charge in [0.25, 0.3) is 0 Å². The van der Waals surface area contributed by atoms with Crippen LogP contribution >= 0.6 is 0 Å². The van der Waals surface area contributed by atoms with E-state index < -0.39 is 24.7 Å². The van der Waals surface area contributed by atoms with Gasteiger partial charge in [0.05, 0.1) is 11.7 Å². The normalized spacial score (nSPS) is 21.8. The van der Waals surface area contributed by atoms with Crippen molar-refractivity contribution in [3.05, 3.63) is 0 Å². The Bertz CT molecular complexity index is 202. The highest BCUT2D eigenvalue weighted by Crippen LogP contribution is 2.20. The topological polar surface area (TPSA) is 41.9 Å². The van der Waals surface area contributed by atoms with Crippen molar-refractivity contribution in [2.75, 3.05) is 13.1 Å². The molecule has 0 spiro atoms. The molecule has 1 atom stereocenters. The zero-order valence-corrected chi connectivity index (χ0v) is 9.11. The lowest BCUT2D eigenvalue weighted by Crippen LogP contribution is -2.58. The monoisotopic (exact) mass is 225 g/mol. The summed E-state index contributed by atoms with van der Waals surface area (Å²) < 4.78 is 33.0. The van der Waals surface area contributed by atoms with E-state index in [1.807, 2.05) is 20.8 Å².